The van der Waals surface area contributed by atoms with Crippen LogP contribution in [0.4, 0.5) is 11.4 Å². The monoisotopic (exact) mass is 462 g/mol. The van der Waals surface area contributed by atoms with Crippen LogP contribution >= 0.6 is 39.9 Å². The van der Waals surface area contributed by atoms with E-state index in [2.05, 4.69) is 15.9 Å². The summed E-state index contributed by atoms with van der Waals surface area (Å²) in [5.41, 5.74) is 2.68. The third kappa shape index (κ3) is 4.36. The molecule has 7 heteroatoms. The summed E-state index contributed by atoms with van der Waals surface area (Å²) in [4.78, 5) is 17.1. The third-order valence-corrected chi connectivity index (χ3v) is 5.77. The maximum atomic E-state index is 13.0. The number of halogens is 1. The standard InChI is InChI=1S/C20H19BrN2O2S2/c1-4-25-17-10-5-14(21)11-13(17)12-18-19(24)23(20(26)27-18)16-8-6-15(7-9-16)22(2)3/h5-12H,4H2,1-3H3/b18-12+. The van der Waals surface area contributed by atoms with E-state index in [4.69, 9.17) is 17.0 Å². The lowest BCUT2D eigenvalue weighted by molar-refractivity contribution is -0.113. The van der Waals surface area contributed by atoms with E-state index in [1.54, 1.807) is 4.90 Å². The highest BCUT2D eigenvalue weighted by atomic mass is 79.9. The lowest BCUT2D eigenvalue weighted by Crippen LogP contribution is -2.27. The fourth-order valence-corrected chi connectivity index (χ4v) is 4.32. The Morgan fingerprint density at radius 1 is 1.22 bits per heavy atom. The maximum Gasteiger partial charge on any atom is 0.270 e. The van der Waals surface area contributed by atoms with E-state index < -0.39 is 0 Å². The molecule has 0 atom stereocenters. The van der Waals surface area contributed by atoms with Gasteiger partial charge < -0.3 is 9.64 Å². The maximum absolute atomic E-state index is 13.0. The minimum absolute atomic E-state index is 0.120. The molecule has 140 valence electrons. The second-order valence-corrected chi connectivity index (χ2v) is 8.63. The first-order valence-corrected chi connectivity index (χ1v) is 10.4. The van der Waals surface area contributed by atoms with Crippen LogP contribution in [-0.2, 0) is 4.79 Å². The number of thiocarbonyl (C=S) groups is 1. The molecule has 0 saturated carbocycles. The molecule has 0 aromatic heterocycles. The average molecular weight is 463 g/mol. The van der Waals surface area contributed by atoms with Gasteiger partial charge in [-0.2, -0.15) is 0 Å². The summed E-state index contributed by atoms with van der Waals surface area (Å²) in [6.07, 6.45) is 1.84. The Hall–Kier alpha value is -1.83. The molecule has 2 aromatic carbocycles. The number of nitrogens with zero attached hydrogens (tertiary/aromatic N) is 2. The van der Waals surface area contributed by atoms with Crippen LogP contribution in [-0.4, -0.2) is 30.9 Å². The van der Waals surface area contributed by atoms with Crippen LogP contribution in [0.15, 0.2) is 51.8 Å². The summed E-state index contributed by atoms with van der Waals surface area (Å²) < 4.78 is 7.12. The normalized spacial score (nSPS) is 15.6. The van der Waals surface area contributed by atoms with Crippen molar-refractivity contribution in [2.24, 2.45) is 0 Å². The molecule has 1 amide bonds. The minimum Gasteiger partial charge on any atom is -0.493 e. The predicted molar refractivity (Wildman–Crippen MR) is 122 cm³/mol. The van der Waals surface area contributed by atoms with Crippen molar-refractivity contribution in [2.45, 2.75) is 6.92 Å². The van der Waals surface area contributed by atoms with E-state index in [9.17, 15) is 4.79 Å². The summed E-state index contributed by atoms with van der Waals surface area (Å²) in [5, 5.41) is 0. The SMILES string of the molecule is CCOc1ccc(Br)cc1/C=C1/SC(=S)N(c2ccc(N(C)C)cc2)C1=O. The van der Waals surface area contributed by atoms with Crippen molar-refractivity contribution in [3.8, 4) is 5.75 Å². The van der Waals surface area contributed by atoms with Crippen LogP contribution in [0, 0.1) is 0 Å². The number of hydrogen-bond acceptors (Lipinski definition) is 5. The molecule has 4 nitrogen and oxygen atoms in total. The van der Waals surface area contributed by atoms with Gasteiger partial charge in [-0.25, -0.2) is 0 Å². The van der Waals surface area contributed by atoms with E-state index >= 15 is 0 Å². The van der Waals surface area contributed by atoms with Crippen LogP contribution < -0.4 is 14.5 Å². The second-order valence-electron chi connectivity index (χ2n) is 6.04. The van der Waals surface area contributed by atoms with Crippen molar-refractivity contribution >= 4 is 67.6 Å². The first-order chi connectivity index (χ1) is 12.9. The largest absolute Gasteiger partial charge is 0.493 e. The molecular weight excluding hydrogens is 444 g/mol. The number of ether oxygens (including phenoxy) is 1. The number of benzene rings is 2. The Morgan fingerprint density at radius 2 is 1.93 bits per heavy atom. The average Bonchev–Trinajstić information content (AvgIpc) is 2.91. The van der Waals surface area contributed by atoms with Gasteiger partial charge in [-0.3, -0.25) is 9.69 Å². The third-order valence-electron chi connectivity index (χ3n) is 3.98. The molecule has 3 rings (SSSR count). The molecule has 1 fully saturated rings. The van der Waals surface area contributed by atoms with Gasteiger partial charge >= 0.3 is 0 Å². The molecular formula is C20H19BrN2O2S2. The molecule has 2 aromatic rings. The molecule has 1 aliphatic heterocycles. The molecule has 0 aliphatic carbocycles. The smallest absolute Gasteiger partial charge is 0.270 e. The lowest BCUT2D eigenvalue weighted by Gasteiger charge is -2.17. The minimum atomic E-state index is -0.120. The van der Waals surface area contributed by atoms with Crippen molar-refractivity contribution in [3.05, 3.63) is 57.4 Å². The molecule has 1 heterocycles. The number of thioether (sulfide) groups is 1. The Balaban J connectivity index is 1.92. The van der Waals surface area contributed by atoms with Gasteiger partial charge in [-0.1, -0.05) is 39.9 Å². The topological polar surface area (TPSA) is 32.8 Å². The zero-order valence-electron chi connectivity index (χ0n) is 15.2. The van der Waals surface area contributed by atoms with Crippen LogP contribution in [0.3, 0.4) is 0 Å². The number of rotatable bonds is 5. The van der Waals surface area contributed by atoms with Crippen molar-refractivity contribution in [2.75, 3.05) is 30.5 Å². The summed E-state index contributed by atoms with van der Waals surface area (Å²) >= 11 is 10.2. The number of hydrogen-bond donors (Lipinski definition) is 0. The Morgan fingerprint density at radius 3 is 2.56 bits per heavy atom. The molecule has 27 heavy (non-hydrogen) atoms. The Bertz CT molecular complexity index is 911. The second kappa shape index (κ2) is 8.46. The number of carbonyl (C=O) groups is 1. The van der Waals surface area contributed by atoms with Gasteiger partial charge in [0.25, 0.3) is 5.91 Å². The van der Waals surface area contributed by atoms with E-state index in [-0.39, 0.29) is 5.91 Å². The molecule has 0 unspecified atom stereocenters. The summed E-state index contributed by atoms with van der Waals surface area (Å²) in [7, 11) is 3.95. The van der Waals surface area contributed by atoms with Gasteiger partial charge in [0, 0.05) is 29.8 Å². The summed E-state index contributed by atoms with van der Waals surface area (Å²) in [6, 6.07) is 13.5. The van der Waals surface area contributed by atoms with Crippen molar-refractivity contribution in [1.29, 1.82) is 0 Å². The van der Waals surface area contributed by atoms with E-state index in [1.165, 1.54) is 11.8 Å². The zero-order chi connectivity index (χ0) is 19.6. The van der Waals surface area contributed by atoms with Crippen LogP contribution in [0.5, 0.6) is 5.75 Å². The Labute approximate surface area is 177 Å². The molecule has 1 aliphatic rings. The van der Waals surface area contributed by atoms with E-state index in [0.717, 1.165) is 27.2 Å². The summed E-state index contributed by atoms with van der Waals surface area (Å²) in [6.45, 7) is 2.49. The number of anilines is 2. The first-order valence-electron chi connectivity index (χ1n) is 8.38. The predicted octanol–water partition coefficient (Wildman–Crippen LogP) is 5.32. The van der Waals surface area contributed by atoms with Gasteiger partial charge in [0.1, 0.15) is 5.75 Å². The number of carbonyl (C=O) groups excluding carboxylic acids is 1. The highest BCUT2D eigenvalue weighted by Gasteiger charge is 2.33. The van der Waals surface area contributed by atoms with E-state index in [0.29, 0.717) is 15.8 Å². The van der Waals surface area contributed by atoms with Crippen LogP contribution in [0.25, 0.3) is 6.08 Å². The van der Waals surface area contributed by atoms with Crippen molar-refractivity contribution in [3.63, 3.8) is 0 Å². The molecule has 0 radical (unpaired) electrons. The molecule has 1 saturated heterocycles. The lowest BCUT2D eigenvalue weighted by atomic mass is 10.2. The van der Waals surface area contributed by atoms with Crippen LogP contribution in [0.2, 0.25) is 0 Å². The first kappa shape index (κ1) is 19.9. The molecule has 0 spiro atoms. The van der Waals surface area contributed by atoms with Gasteiger partial charge in [-0.05, 0) is 55.5 Å². The quantitative estimate of drug-likeness (QED) is 0.443. The van der Waals surface area contributed by atoms with Crippen molar-refractivity contribution < 1.29 is 9.53 Å². The van der Waals surface area contributed by atoms with Gasteiger partial charge in [0.2, 0.25) is 0 Å². The van der Waals surface area contributed by atoms with Gasteiger partial charge in [0.05, 0.1) is 17.2 Å². The van der Waals surface area contributed by atoms with Gasteiger partial charge in [-0.15, -0.1) is 0 Å². The van der Waals surface area contributed by atoms with Crippen LogP contribution in [0.1, 0.15) is 12.5 Å². The highest BCUT2D eigenvalue weighted by Crippen LogP contribution is 2.38. The zero-order valence-corrected chi connectivity index (χ0v) is 18.5. The fraction of sp³-hybridized carbons (Fsp3) is 0.200. The number of amides is 1. The van der Waals surface area contributed by atoms with E-state index in [1.807, 2.05) is 74.5 Å². The fourth-order valence-electron chi connectivity index (χ4n) is 2.65. The Kier molecular flexibility index (Phi) is 6.24. The molecule has 0 bridgehead atoms. The molecule has 0 N–H and O–H groups in total. The highest BCUT2D eigenvalue weighted by molar-refractivity contribution is 9.10. The van der Waals surface area contributed by atoms with Crippen molar-refractivity contribution in [1.82, 2.24) is 0 Å². The van der Waals surface area contributed by atoms with Gasteiger partial charge in [0.15, 0.2) is 4.32 Å². The summed E-state index contributed by atoms with van der Waals surface area (Å²) in [5.74, 6) is 0.617.